The van der Waals surface area contributed by atoms with Gasteiger partial charge in [0.15, 0.2) is 5.76 Å². The lowest BCUT2D eigenvalue weighted by Crippen LogP contribution is -2.36. The Hall–Kier alpha value is -3.15. The Kier molecular flexibility index (Phi) is 4.16. The number of rotatable bonds is 3. The van der Waals surface area contributed by atoms with E-state index in [2.05, 4.69) is 47.3 Å². The van der Waals surface area contributed by atoms with Crippen LogP contribution in [0.1, 0.15) is 32.9 Å². The zero-order chi connectivity index (χ0) is 18.1. The van der Waals surface area contributed by atoms with E-state index in [1.807, 2.05) is 0 Å². The zero-order valence-electron chi connectivity index (χ0n) is 14.8. The fraction of sp³-hybridized carbons (Fsp3) is 0.250. The van der Waals surface area contributed by atoms with E-state index in [4.69, 9.17) is 4.42 Å². The van der Waals surface area contributed by atoms with Gasteiger partial charge in [-0.2, -0.15) is 0 Å². The zero-order valence-corrected chi connectivity index (χ0v) is 14.8. The second-order valence-corrected chi connectivity index (χ2v) is 6.62. The number of aromatic nitrogens is 2. The van der Waals surface area contributed by atoms with Gasteiger partial charge in [0, 0.05) is 37.0 Å². The van der Waals surface area contributed by atoms with Gasteiger partial charge in [-0.3, -0.25) is 4.79 Å². The van der Waals surface area contributed by atoms with Gasteiger partial charge in [0.25, 0.3) is 5.91 Å². The Morgan fingerprint density at radius 3 is 2.77 bits per heavy atom. The van der Waals surface area contributed by atoms with Gasteiger partial charge in [0.1, 0.15) is 0 Å². The maximum Gasteiger partial charge on any atom is 0.289 e. The summed E-state index contributed by atoms with van der Waals surface area (Å²) >= 11 is 0. The quantitative estimate of drug-likeness (QED) is 0.782. The molecule has 0 fully saturated rings. The molecule has 0 spiro atoms. The van der Waals surface area contributed by atoms with Crippen molar-refractivity contribution in [2.45, 2.75) is 26.8 Å². The van der Waals surface area contributed by atoms with Crippen molar-refractivity contribution in [2.24, 2.45) is 0 Å². The number of hydrogen-bond acceptors (Lipinski definition) is 5. The topological polar surface area (TPSA) is 71.3 Å². The average Bonchev–Trinajstić information content (AvgIpc) is 3.14. The third kappa shape index (κ3) is 3.31. The Morgan fingerprint density at radius 1 is 1.23 bits per heavy atom. The van der Waals surface area contributed by atoms with Crippen molar-refractivity contribution in [2.75, 3.05) is 11.9 Å². The molecule has 0 saturated heterocycles. The van der Waals surface area contributed by atoms with E-state index in [1.54, 1.807) is 23.2 Å². The SMILES string of the molecule is Cc1cc(C)cc(Nc2ncc3c(n2)CCN(C(=O)c2ccco2)C3)c1. The third-order valence-corrected chi connectivity index (χ3v) is 4.43. The van der Waals surface area contributed by atoms with Crippen molar-refractivity contribution in [3.63, 3.8) is 0 Å². The van der Waals surface area contributed by atoms with Crippen molar-refractivity contribution in [1.29, 1.82) is 0 Å². The van der Waals surface area contributed by atoms with Crippen LogP contribution >= 0.6 is 0 Å². The maximum atomic E-state index is 12.4. The van der Waals surface area contributed by atoms with Crippen LogP contribution in [-0.2, 0) is 13.0 Å². The van der Waals surface area contributed by atoms with E-state index < -0.39 is 0 Å². The molecule has 0 atom stereocenters. The monoisotopic (exact) mass is 348 g/mol. The van der Waals surface area contributed by atoms with E-state index in [0.29, 0.717) is 31.2 Å². The number of carbonyl (C=O) groups is 1. The van der Waals surface area contributed by atoms with Crippen LogP contribution in [0.5, 0.6) is 0 Å². The smallest absolute Gasteiger partial charge is 0.289 e. The number of benzene rings is 1. The van der Waals surface area contributed by atoms with Gasteiger partial charge < -0.3 is 14.6 Å². The molecule has 2 aromatic heterocycles. The molecule has 132 valence electrons. The lowest BCUT2D eigenvalue weighted by Gasteiger charge is -2.27. The molecule has 6 nitrogen and oxygen atoms in total. The Balaban J connectivity index is 1.51. The van der Waals surface area contributed by atoms with E-state index in [9.17, 15) is 4.79 Å². The molecule has 0 radical (unpaired) electrons. The molecule has 6 heteroatoms. The van der Waals surface area contributed by atoms with Crippen LogP contribution in [0.3, 0.4) is 0 Å². The fourth-order valence-electron chi connectivity index (χ4n) is 3.28. The summed E-state index contributed by atoms with van der Waals surface area (Å²) in [6, 6.07) is 9.67. The first-order valence-electron chi connectivity index (χ1n) is 8.61. The van der Waals surface area contributed by atoms with E-state index in [1.165, 1.54) is 17.4 Å². The second-order valence-electron chi connectivity index (χ2n) is 6.62. The van der Waals surface area contributed by atoms with Crippen molar-refractivity contribution in [3.8, 4) is 0 Å². The molecule has 1 N–H and O–H groups in total. The Labute approximate surface area is 151 Å². The van der Waals surface area contributed by atoms with Crippen LogP contribution < -0.4 is 5.32 Å². The van der Waals surface area contributed by atoms with Gasteiger partial charge in [-0.1, -0.05) is 6.07 Å². The van der Waals surface area contributed by atoms with Gasteiger partial charge in [-0.15, -0.1) is 0 Å². The summed E-state index contributed by atoms with van der Waals surface area (Å²) in [6.07, 6.45) is 4.01. The summed E-state index contributed by atoms with van der Waals surface area (Å²) in [6.45, 7) is 5.25. The first kappa shape index (κ1) is 16.3. The molecule has 1 aliphatic rings. The highest BCUT2D eigenvalue weighted by Gasteiger charge is 2.24. The van der Waals surface area contributed by atoms with Crippen LogP contribution in [0.15, 0.2) is 47.2 Å². The minimum Gasteiger partial charge on any atom is -0.459 e. The largest absolute Gasteiger partial charge is 0.459 e. The number of fused-ring (bicyclic) bond motifs is 1. The lowest BCUT2D eigenvalue weighted by atomic mass is 10.1. The molecule has 0 bridgehead atoms. The minimum atomic E-state index is -0.0990. The Bertz CT molecular complexity index is 930. The summed E-state index contributed by atoms with van der Waals surface area (Å²) < 4.78 is 5.21. The van der Waals surface area contributed by atoms with Gasteiger partial charge in [0.05, 0.1) is 12.0 Å². The summed E-state index contributed by atoms with van der Waals surface area (Å²) in [5.74, 6) is 0.847. The van der Waals surface area contributed by atoms with Crippen molar-refractivity contribution in [1.82, 2.24) is 14.9 Å². The average molecular weight is 348 g/mol. The van der Waals surface area contributed by atoms with E-state index in [0.717, 1.165) is 16.9 Å². The molecular formula is C20H20N4O2. The van der Waals surface area contributed by atoms with Crippen molar-refractivity contribution in [3.05, 3.63) is 70.9 Å². The van der Waals surface area contributed by atoms with Gasteiger partial charge >= 0.3 is 0 Å². The van der Waals surface area contributed by atoms with Crippen LogP contribution in [0, 0.1) is 13.8 Å². The van der Waals surface area contributed by atoms with Crippen LogP contribution in [0.25, 0.3) is 0 Å². The molecule has 4 rings (SSSR count). The molecule has 1 aliphatic heterocycles. The maximum absolute atomic E-state index is 12.4. The predicted octanol–water partition coefficient (Wildman–Crippen LogP) is 3.63. The molecule has 1 amide bonds. The molecule has 0 saturated carbocycles. The number of anilines is 2. The van der Waals surface area contributed by atoms with Crippen LogP contribution in [0.4, 0.5) is 11.6 Å². The summed E-state index contributed by atoms with van der Waals surface area (Å²) in [5, 5.41) is 3.27. The molecule has 3 heterocycles. The molecular weight excluding hydrogens is 328 g/mol. The predicted molar refractivity (Wildman–Crippen MR) is 98.4 cm³/mol. The number of carbonyl (C=O) groups excluding carboxylic acids is 1. The van der Waals surface area contributed by atoms with E-state index in [-0.39, 0.29) is 5.91 Å². The number of nitrogens with one attached hydrogen (secondary N) is 1. The third-order valence-electron chi connectivity index (χ3n) is 4.43. The normalized spacial score (nSPS) is 13.4. The lowest BCUT2D eigenvalue weighted by molar-refractivity contribution is 0.0701. The summed E-state index contributed by atoms with van der Waals surface area (Å²) in [7, 11) is 0. The first-order valence-corrected chi connectivity index (χ1v) is 8.61. The number of amides is 1. The van der Waals surface area contributed by atoms with Gasteiger partial charge in [-0.05, 0) is 49.2 Å². The molecule has 26 heavy (non-hydrogen) atoms. The van der Waals surface area contributed by atoms with Crippen LogP contribution in [0.2, 0.25) is 0 Å². The standard InChI is InChI=1S/C20H20N4O2/c1-13-8-14(2)10-16(9-13)22-20-21-11-15-12-24(6-5-17(15)23-20)19(25)18-4-3-7-26-18/h3-4,7-11H,5-6,12H2,1-2H3,(H,21,22,23). The first-order chi connectivity index (χ1) is 12.6. The van der Waals surface area contributed by atoms with Gasteiger partial charge in [-0.25, -0.2) is 9.97 Å². The number of aryl methyl sites for hydroxylation is 2. The van der Waals surface area contributed by atoms with Crippen LogP contribution in [-0.4, -0.2) is 27.3 Å². The van der Waals surface area contributed by atoms with Crippen molar-refractivity contribution < 1.29 is 9.21 Å². The molecule has 1 aromatic carbocycles. The number of nitrogens with zero attached hydrogens (tertiary/aromatic N) is 3. The van der Waals surface area contributed by atoms with E-state index >= 15 is 0 Å². The second kappa shape index (κ2) is 6.63. The molecule has 3 aromatic rings. The number of furan rings is 1. The van der Waals surface area contributed by atoms with Crippen molar-refractivity contribution >= 4 is 17.5 Å². The summed E-state index contributed by atoms with van der Waals surface area (Å²) in [4.78, 5) is 23.2. The molecule has 0 unspecified atom stereocenters. The van der Waals surface area contributed by atoms with Gasteiger partial charge in [0.2, 0.25) is 5.95 Å². The fourth-order valence-corrected chi connectivity index (χ4v) is 3.28. The summed E-state index contributed by atoms with van der Waals surface area (Å²) in [5.41, 5.74) is 5.32. The highest BCUT2D eigenvalue weighted by atomic mass is 16.3. The highest BCUT2D eigenvalue weighted by Crippen LogP contribution is 2.22. The highest BCUT2D eigenvalue weighted by molar-refractivity contribution is 5.91. The molecule has 0 aliphatic carbocycles. The Morgan fingerprint density at radius 2 is 2.04 bits per heavy atom. The minimum absolute atomic E-state index is 0.0990. The number of hydrogen-bond donors (Lipinski definition) is 1.